The number of aliphatic imine (C=N–C) groups is 1. The third-order valence-electron chi connectivity index (χ3n) is 5.26. The van der Waals surface area contributed by atoms with Crippen molar-refractivity contribution >= 4 is 33.7 Å². The second-order valence-electron chi connectivity index (χ2n) is 8.17. The standard InChI is InChI=1S/C13H9N.C9H19NO2.C7H6O2.ClH.HNO3.2H3N.Pt/c1-2-6-11-10(5-1)9-14-13-8-4-3-7-12(11)13;1-2-3-4-5-6-7-8-10-9(11)12;8-7(9)6-4-2-1-3-5-6;;2-1(3)4;;;/h1-9H;2-8H2,1H3,(H2,10,11,12);1-5H,(H,8,9);1H;(H,2,3,4);2*1H3;/q;;;;;;;+4/p-4. The van der Waals surface area contributed by atoms with Gasteiger partial charge in [0.15, 0.2) is 0 Å². The molecule has 0 saturated heterocycles. The number of unbranched alkanes of at least 4 members (excludes halogenated alkanes) is 5. The number of pyridine rings is 1. The maximum absolute atomic E-state index is 10.1. The van der Waals surface area contributed by atoms with Crippen LogP contribution in [0.1, 0.15) is 55.8 Å². The molecule has 0 spiro atoms. The molecule has 0 aliphatic heterocycles. The fraction of sp³-hybridized carbons (Fsp3) is 0.276. The molecule has 0 aliphatic rings. The van der Waals surface area contributed by atoms with E-state index < -0.39 is 17.1 Å². The van der Waals surface area contributed by atoms with Gasteiger partial charge >= 0.3 is 21.1 Å². The third-order valence-corrected chi connectivity index (χ3v) is 5.26. The molecule has 12 nitrogen and oxygen atoms in total. The second-order valence-corrected chi connectivity index (χ2v) is 8.17. The number of halogens is 1. The number of hydrogen-bond donors (Lipinski definition) is 3. The van der Waals surface area contributed by atoms with Gasteiger partial charge in [-0.05, 0) is 23.4 Å². The van der Waals surface area contributed by atoms with Gasteiger partial charge in [0.25, 0.3) is 5.09 Å². The van der Waals surface area contributed by atoms with Crippen molar-refractivity contribution in [2.75, 3.05) is 6.54 Å². The molecular formula is C29H38ClN5O7Pt. The van der Waals surface area contributed by atoms with Crippen LogP contribution in [0.3, 0.4) is 0 Å². The fourth-order valence-corrected chi connectivity index (χ4v) is 3.44. The molecule has 4 rings (SSSR count). The minimum Gasteiger partial charge on any atom is -1.00 e. The maximum atomic E-state index is 10.1. The van der Waals surface area contributed by atoms with Crippen LogP contribution in [0.2, 0.25) is 0 Å². The van der Waals surface area contributed by atoms with E-state index in [0.29, 0.717) is 6.54 Å². The van der Waals surface area contributed by atoms with E-state index >= 15 is 0 Å². The molecule has 3 aromatic carbocycles. The van der Waals surface area contributed by atoms with E-state index in [0.717, 1.165) is 18.4 Å². The minimum atomic E-state index is -1.50. The summed E-state index contributed by atoms with van der Waals surface area (Å²) < 4.78 is 0. The quantitative estimate of drug-likeness (QED) is 0.0566. The average Bonchev–Trinajstić information content (AvgIpc) is 2.93. The molecule has 0 atom stereocenters. The molecular weight excluding hydrogens is 761 g/mol. The third kappa shape index (κ3) is 21.5. The number of aromatic nitrogens is 1. The average molecular weight is 799 g/mol. The zero-order chi connectivity index (χ0) is 28.9. The van der Waals surface area contributed by atoms with E-state index in [4.69, 9.17) is 15.3 Å². The molecule has 4 aromatic rings. The summed E-state index contributed by atoms with van der Waals surface area (Å²) in [6.07, 6.45) is 7.55. The van der Waals surface area contributed by atoms with Gasteiger partial charge in [0.05, 0.1) is 11.5 Å². The number of rotatable bonds is 8. The maximum Gasteiger partial charge on any atom is 4.00 e. The fourth-order valence-electron chi connectivity index (χ4n) is 3.44. The molecule has 0 amide bonds. The Kier molecular flexibility index (Phi) is 30.4. The van der Waals surface area contributed by atoms with Crippen molar-refractivity contribution in [3.8, 4) is 0 Å². The Morgan fingerprint density at radius 1 is 0.814 bits per heavy atom. The molecule has 43 heavy (non-hydrogen) atoms. The first-order valence-electron chi connectivity index (χ1n) is 12.5. The van der Waals surface area contributed by atoms with Crippen LogP contribution in [0.15, 0.2) is 90.1 Å². The van der Waals surface area contributed by atoms with Crippen LogP contribution in [0, 0.1) is 10.1 Å². The summed E-state index contributed by atoms with van der Waals surface area (Å²) in [5.74, 6) is -1.13. The summed E-state index contributed by atoms with van der Waals surface area (Å²) in [5, 5.41) is 47.1. The topological polar surface area (TPSA) is 245 Å². The predicted molar refractivity (Wildman–Crippen MR) is 155 cm³/mol. The van der Waals surface area contributed by atoms with Crippen molar-refractivity contribution in [3.05, 3.63) is 101 Å². The Balaban J connectivity index is -0.000000243. The van der Waals surface area contributed by atoms with Gasteiger partial charge in [-0.3, -0.25) is 4.98 Å². The van der Waals surface area contributed by atoms with Crippen LogP contribution in [0.5, 0.6) is 0 Å². The van der Waals surface area contributed by atoms with Crippen LogP contribution in [-0.2, 0) is 21.1 Å². The zero-order valence-corrected chi connectivity index (χ0v) is 26.9. The summed E-state index contributed by atoms with van der Waals surface area (Å²) >= 11 is 0. The van der Waals surface area contributed by atoms with Crippen molar-refractivity contribution in [2.24, 2.45) is 4.99 Å². The first-order chi connectivity index (χ1) is 18.8. The van der Waals surface area contributed by atoms with Gasteiger partial charge in [-0.2, -0.15) is 0 Å². The molecule has 0 unspecified atom stereocenters. The molecule has 0 bridgehead atoms. The molecule has 0 saturated carbocycles. The molecule has 1 aromatic heterocycles. The Bertz CT molecular complexity index is 1260. The first kappa shape index (κ1) is 46.1. The van der Waals surface area contributed by atoms with E-state index in [1.807, 2.05) is 24.4 Å². The molecule has 1 heterocycles. The van der Waals surface area contributed by atoms with E-state index in [-0.39, 0.29) is 51.3 Å². The predicted octanol–water partition coefficient (Wildman–Crippen LogP) is 0.839. The molecule has 7 N–H and O–H groups in total. The van der Waals surface area contributed by atoms with E-state index in [1.165, 1.54) is 54.0 Å². The molecule has 0 radical (unpaired) electrons. The zero-order valence-electron chi connectivity index (χ0n) is 23.9. The Morgan fingerprint density at radius 3 is 1.84 bits per heavy atom. The van der Waals surface area contributed by atoms with Crippen molar-refractivity contribution in [3.63, 3.8) is 0 Å². The van der Waals surface area contributed by atoms with Gasteiger partial charge in [0.1, 0.15) is 0 Å². The number of benzene rings is 3. The molecule has 0 aliphatic carbocycles. The van der Waals surface area contributed by atoms with Gasteiger partial charge in [0.2, 0.25) is 0 Å². The first-order valence-corrected chi connectivity index (χ1v) is 12.5. The van der Waals surface area contributed by atoms with E-state index in [1.54, 1.807) is 18.2 Å². The number of hydrogen-bond acceptors (Lipinski definition) is 10. The molecule has 14 heteroatoms. The van der Waals surface area contributed by atoms with Crippen molar-refractivity contribution in [2.45, 2.75) is 45.4 Å². The van der Waals surface area contributed by atoms with Crippen LogP contribution in [0.4, 0.5) is 0 Å². The van der Waals surface area contributed by atoms with E-state index in [2.05, 4.69) is 47.2 Å². The summed E-state index contributed by atoms with van der Waals surface area (Å²) in [7, 11) is 0. The number of fused-ring (bicyclic) bond motifs is 3. The van der Waals surface area contributed by atoms with E-state index in [9.17, 15) is 20.1 Å². The SMILES string of the molecule is CCCCCCCCN=C([O-])[O-].N.N.O=C([O-])c1ccccc1.O=[N+]([O-])O.[Cl-].[Pt+4].c1ccc2c(c1)cnc1ccccc12. The van der Waals surface area contributed by atoms with Crippen LogP contribution in [-0.4, -0.2) is 33.9 Å². The number of nitrogens with zero attached hydrogens (tertiary/aromatic N) is 3. The number of carboxylic acid groups (broad SMARTS) is 1. The number of carbonyl (C=O) groups is 1. The monoisotopic (exact) mass is 798 g/mol. The van der Waals surface area contributed by atoms with Gasteiger partial charge in [-0.15, -0.1) is 16.2 Å². The van der Waals surface area contributed by atoms with Crippen molar-refractivity contribution < 1.29 is 63.9 Å². The summed E-state index contributed by atoms with van der Waals surface area (Å²) in [6.45, 7) is 2.58. The normalized spacial score (nSPS) is 8.67. The molecule has 0 fully saturated rings. The Morgan fingerprint density at radius 2 is 1.30 bits per heavy atom. The number of carbonyl (C=O) groups excluding carboxylic acids is 1. The van der Waals surface area contributed by atoms with Crippen molar-refractivity contribution in [1.29, 1.82) is 0 Å². The smallest absolute Gasteiger partial charge is 1.00 e. The summed E-state index contributed by atoms with van der Waals surface area (Å²) in [5.41, 5.74) is 1.28. The van der Waals surface area contributed by atoms with Gasteiger partial charge in [0, 0.05) is 23.5 Å². The van der Waals surface area contributed by atoms with Gasteiger partial charge < -0.3 is 55.0 Å². The number of para-hydroxylation sites is 1. The Hall–Kier alpha value is -3.83. The number of aromatic carboxylic acids is 1. The Labute approximate surface area is 271 Å². The summed E-state index contributed by atoms with van der Waals surface area (Å²) in [4.78, 5) is 26.1. The van der Waals surface area contributed by atoms with Gasteiger partial charge in [-0.1, -0.05) is 112 Å². The minimum absolute atomic E-state index is 0. The van der Waals surface area contributed by atoms with Crippen molar-refractivity contribution in [1.82, 2.24) is 17.3 Å². The van der Waals surface area contributed by atoms with Crippen LogP contribution in [0.25, 0.3) is 21.7 Å². The van der Waals surface area contributed by atoms with Crippen LogP contribution >= 0.6 is 0 Å². The summed E-state index contributed by atoms with van der Waals surface area (Å²) in [6, 6.07) is 24.6. The number of carboxylic acids is 1. The molecule has 238 valence electrons. The largest absolute Gasteiger partial charge is 4.00 e. The van der Waals surface area contributed by atoms with Crippen LogP contribution < -0.4 is 40.0 Å². The van der Waals surface area contributed by atoms with Gasteiger partial charge in [-0.25, -0.2) is 0 Å². The second kappa shape index (κ2) is 28.3.